The second-order valence-corrected chi connectivity index (χ2v) is 39.1. The normalized spacial score (nSPS) is 35.5. The second-order valence-electron chi connectivity index (χ2n) is 39.1. The molecule has 124 heavy (non-hydrogen) atoms. The molecule has 0 radical (unpaired) electrons. The summed E-state index contributed by atoms with van der Waals surface area (Å²) < 4.78 is 100. The minimum Gasteiger partial charge on any atom is -0.456 e. The molecule has 8 fully saturated rings. The molecule has 684 valence electrons. The Hall–Kier alpha value is -8.70. The van der Waals surface area contributed by atoms with E-state index in [1.165, 1.54) is 39.8 Å². The monoisotopic (exact) mass is 1740 g/mol. The number of aliphatic hydroxyl groups is 4. The molecule has 0 spiro atoms. The highest BCUT2D eigenvalue weighted by Gasteiger charge is 2.82. The Labute approximate surface area is 724 Å². The second kappa shape index (κ2) is 35.5. The Morgan fingerprint density at radius 3 is 1.10 bits per heavy atom. The van der Waals surface area contributed by atoms with Gasteiger partial charge in [-0.25, -0.2) is 28.8 Å². The summed E-state index contributed by atoms with van der Waals surface area (Å²) in [5, 5.41) is 56.2. The number of nitrogens with one attached hydrogen (secondary N) is 2. The van der Waals surface area contributed by atoms with Gasteiger partial charge in [-0.3, -0.25) is 19.2 Å². The topological polar surface area (TPSA) is 423 Å². The summed E-state index contributed by atoms with van der Waals surface area (Å²) in [5.74, 6) is -9.13. The van der Waals surface area contributed by atoms with Gasteiger partial charge in [-0.15, -0.1) is 0 Å². The van der Waals surface area contributed by atoms with Gasteiger partial charge in [0.25, 0.3) is 0 Å². The minimum absolute atomic E-state index is 0.0926. The number of esters is 8. The average molecular weight is 1740 g/mol. The molecule has 4 saturated carbocycles. The lowest BCUT2D eigenvalue weighted by molar-refractivity contribution is -0.405. The van der Waals surface area contributed by atoms with Crippen LogP contribution in [-0.4, -0.2) is 237 Å². The molecule has 4 heterocycles. The van der Waals surface area contributed by atoms with Crippen molar-refractivity contribution in [1.82, 2.24) is 10.6 Å². The molecule has 10 aliphatic rings. The molecule has 2 amide bonds. The van der Waals surface area contributed by atoms with Gasteiger partial charge in [-0.1, -0.05) is 119 Å². The van der Waals surface area contributed by atoms with Crippen molar-refractivity contribution in [3.8, 4) is 0 Å². The van der Waals surface area contributed by atoms with Crippen LogP contribution >= 0.6 is 0 Å². The molecule has 0 aromatic heterocycles. The lowest BCUT2D eigenvalue weighted by Gasteiger charge is -2.71. The van der Waals surface area contributed by atoms with E-state index in [4.69, 9.17) is 75.8 Å². The fourth-order valence-electron chi connectivity index (χ4n) is 21.4. The minimum atomic E-state index is -2.23. The Balaban J connectivity index is 0.000000241. The predicted molar refractivity (Wildman–Crippen MR) is 440 cm³/mol. The van der Waals surface area contributed by atoms with E-state index in [0.29, 0.717) is 22.3 Å². The molecule has 4 unspecified atom stereocenters. The van der Waals surface area contributed by atoms with E-state index in [-0.39, 0.29) is 61.9 Å². The summed E-state index contributed by atoms with van der Waals surface area (Å²) in [6.07, 6.45) is -18.7. The van der Waals surface area contributed by atoms with Crippen molar-refractivity contribution in [2.45, 2.75) is 335 Å². The molecule has 2 aromatic rings. The summed E-state index contributed by atoms with van der Waals surface area (Å²) >= 11 is 0. The van der Waals surface area contributed by atoms with Crippen LogP contribution in [0.5, 0.6) is 0 Å². The smallest absolute Gasteiger partial charge is 0.407 e. The van der Waals surface area contributed by atoms with Gasteiger partial charge in [0.15, 0.2) is 48.2 Å². The summed E-state index contributed by atoms with van der Waals surface area (Å²) in [5.41, 5.74) is -13.3. The number of rotatable bonds is 22. The van der Waals surface area contributed by atoms with E-state index in [9.17, 15) is 68.4 Å². The molecular weight excluding hydrogens is 1610 g/mol. The number of alkyl carbamates (subject to hydrolysis) is 2. The van der Waals surface area contributed by atoms with Gasteiger partial charge in [0, 0.05) is 75.0 Å². The number of carbonyl (C=O) groups excluding carboxylic acids is 10. The molecule has 6 aliphatic carbocycles. The first-order valence-corrected chi connectivity index (χ1v) is 42.6. The van der Waals surface area contributed by atoms with Crippen LogP contribution in [0, 0.1) is 45.3 Å². The van der Waals surface area contributed by atoms with Crippen LogP contribution in [0.3, 0.4) is 0 Å². The highest BCUT2D eigenvalue weighted by atomic mass is 16.7. The molecule has 26 atom stereocenters. The number of benzene rings is 2. The fraction of sp³-hybridized carbons (Fsp3) is 0.674. The van der Waals surface area contributed by atoms with Gasteiger partial charge in [0.05, 0.1) is 60.5 Å². The first kappa shape index (κ1) is 95.9. The molecule has 4 saturated heterocycles. The largest absolute Gasteiger partial charge is 0.456 e. The highest BCUT2D eigenvalue weighted by molar-refractivity contribution is 5.90. The number of hydrogen-bond acceptors (Lipinski definition) is 30. The van der Waals surface area contributed by atoms with Crippen LogP contribution in [0.2, 0.25) is 0 Å². The zero-order valence-corrected chi connectivity index (χ0v) is 75.1. The quantitative estimate of drug-likeness (QED) is 0.0362. The van der Waals surface area contributed by atoms with Crippen LogP contribution < -0.4 is 10.6 Å². The average Bonchev–Trinajstić information content (AvgIpc) is 0.666. The van der Waals surface area contributed by atoms with E-state index >= 15 is 0 Å². The van der Waals surface area contributed by atoms with E-state index in [2.05, 4.69) is 23.8 Å². The van der Waals surface area contributed by atoms with Crippen LogP contribution in [0.4, 0.5) is 9.59 Å². The van der Waals surface area contributed by atoms with E-state index < -0.39 is 250 Å². The summed E-state index contributed by atoms with van der Waals surface area (Å²) in [6, 6.07) is 14.1. The molecule has 4 bridgehead atoms. The van der Waals surface area contributed by atoms with Crippen LogP contribution in [0.25, 0.3) is 0 Å². The van der Waals surface area contributed by atoms with Crippen LogP contribution in [-0.2, 0) is 105 Å². The van der Waals surface area contributed by atoms with E-state index in [0.717, 1.165) is 0 Å². The van der Waals surface area contributed by atoms with Crippen LogP contribution in [0.15, 0.2) is 108 Å². The standard InChI is InChI=1S/2C46H63NO15/c2*1-13-32-58-30-20-31-45(22-55-31,61-26(6)49)36-38(60-39(51)27-17-15-14-16-18-27)46(54)21-29(57-40(52)34(50)28(19-23(2)3)47-41(53)62-42(7,8)9)24(4)33(43(46,10)11)35(56-25(5)48)37(59-32)44(30,36)12/h2*13-18,23,28-32,34-38,50,54H,1,19-22H2,2-12H3,(H,47,53)/t28-,29-,30?,31+,32?,34+,35-,36-,37-,38-,44+,45-,46+;28-,29-,30?,31+,32?,34-,35-,36-,37-,38-,44+,45-,46+/m00/s1. The zero-order chi connectivity index (χ0) is 91.8. The van der Waals surface area contributed by atoms with Gasteiger partial charge in [-0.2, -0.15) is 0 Å². The third-order valence-electron chi connectivity index (χ3n) is 26.9. The van der Waals surface area contributed by atoms with Crippen molar-refractivity contribution in [2.24, 2.45) is 45.3 Å². The Morgan fingerprint density at radius 2 is 0.823 bits per heavy atom. The fourth-order valence-corrected chi connectivity index (χ4v) is 21.4. The number of aliphatic hydroxyl groups excluding tert-OH is 2. The van der Waals surface area contributed by atoms with Gasteiger partial charge in [0.2, 0.25) is 0 Å². The van der Waals surface area contributed by atoms with E-state index in [1.54, 1.807) is 144 Å². The molecule has 6 N–H and O–H groups in total. The van der Waals surface area contributed by atoms with Crippen molar-refractivity contribution in [2.75, 3.05) is 13.2 Å². The maximum atomic E-state index is 14.4. The SMILES string of the molecule is C=CC1OC2C[C@H]3OC[C@@]3(OC(C)=O)[C@H]3[C@H](OC(=O)c4ccccc4)[C@]4(O)C[C@H](OC(=O)[C@@H](O)[C@H](CC(C)C)NC(=O)OC(C)(C)C)C(C)=C([C@H](OC(C)=O)[C@H](O1)[C@]23C)C4(C)C.C=CC1OC2C[C@H]3OC[C@@]3(OC(C)=O)[C@H]3[C@H](OC(=O)c4ccccc4)[C@]4(O)C[C@H](OC(=O)[C@H](O)[C@H](CC(C)C)NC(=O)OC(C)(C)C)C(C)=C([C@H](OC(C)=O)[C@H](O1)[C@]23C)C4(C)C. The van der Waals surface area contributed by atoms with E-state index in [1.807, 2.05) is 41.5 Å². The van der Waals surface area contributed by atoms with Crippen LogP contribution in [0.1, 0.15) is 212 Å². The Morgan fingerprint density at radius 1 is 0.492 bits per heavy atom. The molecule has 12 rings (SSSR count). The van der Waals surface area contributed by atoms with Gasteiger partial charge in [0.1, 0.15) is 71.2 Å². The number of amides is 2. The highest BCUT2D eigenvalue weighted by Crippen LogP contribution is 2.70. The predicted octanol–water partition coefficient (Wildman–Crippen LogP) is 9.74. The maximum absolute atomic E-state index is 14.4. The summed E-state index contributed by atoms with van der Waals surface area (Å²) in [6.45, 7) is 43.9. The molecule has 2 aromatic carbocycles. The number of fused-ring (bicyclic) bond motifs is 8. The van der Waals surface area contributed by atoms with Crippen molar-refractivity contribution in [1.29, 1.82) is 0 Å². The maximum Gasteiger partial charge on any atom is 0.407 e. The molecule has 32 nitrogen and oxygen atoms in total. The van der Waals surface area contributed by atoms with Crippen molar-refractivity contribution in [3.63, 3.8) is 0 Å². The first-order chi connectivity index (χ1) is 57.6. The van der Waals surface area contributed by atoms with Crippen molar-refractivity contribution < 1.29 is 144 Å². The molecular formula is C92H126N2O30. The van der Waals surface area contributed by atoms with Gasteiger partial charge >= 0.3 is 59.9 Å². The summed E-state index contributed by atoms with van der Waals surface area (Å²) in [7, 11) is 0. The Kier molecular flexibility index (Phi) is 27.5. The number of carbonyl (C=O) groups is 10. The lowest BCUT2D eigenvalue weighted by Crippen LogP contribution is -2.83. The Bertz CT molecular complexity index is 4190. The first-order valence-electron chi connectivity index (χ1n) is 42.6. The third kappa shape index (κ3) is 17.8. The molecule has 32 heteroatoms. The van der Waals surface area contributed by atoms with Gasteiger partial charge in [-0.05, 0) is 139 Å². The van der Waals surface area contributed by atoms with Crippen molar-refractivity contribution >= 4 is 59.9 Å². The lowest BCUT2D eigenvalue weighted by atomic mass is 9.44. The molecule has 4 aliphatic heterocycles. The number of ether oxygens (including phenoxy) is 16. The summed E-state index contributed by atoms with van der Waals surface area (Å²) in [4.78, 5) is 136. The zero-order valence-electron chi connectivity index (χ0n) is 75.1. The van der Waals surface area contributed by atoms with Gasteiger partial charge < -0.3 is 107 Å². The van der Waals surface area contributed by atoms with Crippen molar-refractivity contribution in [3.05, 3.63) is 119 Å². The third-order valence-corrected chi connectivity index (χ3v) is 26.9. The number of hydrogen-bond donors (Lipinski definition) is 6.